The molecule has 0 amide bonds. The number of aromatic nitrogens is 2. The summed E-state index contributed by atoms with van der Waals surface area (Å²) >= 11 is 0. The molecule has 1 N–H and O–H groups in total. The van der Waals surface area contributed by atoms with Crippen molar-refractivity contribution in [2.45, 2.75) is 26.8 Å². The number of benzene rings is 1. The van der Waals surface area contributed by atoms with Gasteiger partial charge in [0.05, 0.1) is 6.54 Å². The molecule has 2 rings (SSSR count). The Morgan fingerprint density at radius 1 is 1.31 bits per heavy atom. The summed E-state index contributed by atoms with van der Waals surface area (Å²) in [6.07, 6.45) is 0.799. The van der Waals surface area contributed by atoms with Crippen molar-refractivity contribution >= 4 is 5.69 Å². The summed E-state index contributed by atoms with van der Waals surface area (Å²) in [6, 6.07) is 8.11. The zero-order valence-corrected chi connectivity index (χ0v) is 9.53. The number of hydrogen-bond donors (Lipinski definition) is 1. The molecule has 0 radical (unpaired) electrons. The van der Waals surface area contributed by atoms with Crippen LogP contribution in [0.1, 0.15) is 24.2 Å². The minimum Gasteiger partial charge on any atom is -0.376 e. The van der Waals surface area contributed by atoms with Crippen LogP contribution in [-0.4, -0.2) is 10.1 Å². The minimum absolute atomic E-state index is 0.567. The predicted octanol–water partition coefficient (Wildman–Crippen LogP) is 2.55. The van der Waals surface area contributed by atoms with E-state index in [4.69, 9.17) is 4.52 Å². The first-order valence-electron chi connectivity index (χ1n) is 5.40. The molecule has 0 fully saturated rings. The summed E-state index contributed by atoms with van der Waals surface area (Å²) in [7, 11) is 0. The fourth-order valence-corrected chi connectivity index (χ4v) is 1.45. The molecular formula is C12H15N3O. The molecule has 0 aliphatic heterocycles. The van der Waals surface area contributed by atoms with E-state index in [1.165, 1.54) is 5.56 Å². The van der Waals surface area contributed by atoms with Gasteiger partial charge in [0.1, 0.15) is 0 Å². The first kappa shape index (κ1) is 10.7. The van der Waals surface area contributed by atoms with E-state index in [-0.39, 0.29) is 0 Å². The molecule has 0 aliphatic carbocycles. The Hall–Kier alpha value is -1.84. The van der Waals surface area contributed by atoms with Gasteiger partial charge in [-0.1, -0.05) is 30.3 Å². The number of rotatable bonds is 4. The minimum atomic E-state index is 0.567. The van der Waals surface area contributed by atoms with Crippen molar-refractivity contribution < 1.29 is 4.52 Å². The third-order valence-corrected chi connectivity index (χ3v) is 2.40. The van der Waals surface area contributed by atoms with Crippen LogP contribution in [0.3, 0.4) is 0 Å². The Balaban J connectivity index is 1.99. The van der Waals surface area contributed by atoms with E-state index >= 15 is 0 Å². The quantitative estimate of drug-likeness (QED) is 0.855. The van der Waals surface area contributed by atoms with Crippen molar-refractivity contribution in [3.8, 4) is 0 Å². The van der Waals surface area contributed by atoms with Crippen LogP contribution in [0, 0.1) is 6.92 Å². The smallest absolute Gasteiger partial charge is 0.245 e. The largest absolute Gasteiger partial charge is 0.376 e. The molecule has 84 valence electrons. The highest BCUT2D eigenvalue weighted by Gasteiger charge is 2.04. The highest BCUT2D eigenvalue weighted by atomic mass is 16.5. The molecule has 0 saturated heterocycles. The molecular weight excluding hydrogens is 202 g/mol. The van der Waals surface area contributed by atoms with Crippen LogP contribution in [0.4, 0.5) is 5.69 Å². The number of anilines is 1. The standard InChI is InChI=1S/C12H15N3O/c1-3-11-14-12(16-15-11)8-13-10-7-5-4-6-9(10)2/h4-7,13H,3,8H2,1-2H3. The monoisotopic (exact) mass is 217 g/mol. The highest BCUT2D eigenvalue weighted by Crippen LogP contribution is 2.14. The molecule has 0 unspecified atom stereocenters. The number of para-hydroxylation sites is 1. The van der Waals surface area contributed by atoms with E-state index < -0.39 is 0 Å². The summed E-state index contributed by atoms with van der Waals surface area (Å²) in [5.74, 6) is 1.38. The first-order chi connectivity index (χ1) is 7.79. The van der Waals surface area contributed by atoms with E-state index in [1.54, 1.807) is 0 Å². The fraction of sp³-hybridized carbons (Fsp3) is 0.333. The topological polar surface area (TPSA) is 51.0 Å². The molecule has 0 saturated carbocycles. The van der Waals surface area contributed by atoms with Crippen LogP contribution >= 0.6 is 0 Å². The number of nitrogens with one attached hydrogen (secondary N) is 1. The van der Waals surface area contributed by atoms with Crippen molar-refractivity contribution in [1.29, 1.82) is 0 Å². The van der Waals surface area contributed by atoms with Crippen LogP contribution in [0.15, 0.2) is 28.8 Å². The second-order valence-electron chi connectivity index (χ2n) is 3.63. The molecule has 16 heavy (non-hydrogen) atoms. The second kappa shape index (κ2) is 4.79. The zero-order valence-electron chi connectivity index (χ0n) is 9.53. The molecule has 1 heterocycles. The molecule has 0 spiro atoms. The molecule has 1 aromatic carbocycles. The van der Waals surface area contributed by atoms with Crippen LogP contribution in [0.2, 0.25) is 0 Å². The highest BCUT2D eigenvalue weighted by molar-refractivity contribution is 5.50. The molecule has 2 aromatic rings. The van der Waals surface area contributed by atoms with Gasteiger partial charge in [-0.15, -0.1) is 0 Å². The lowest BCUT2D eigenvalue weighted by Gasteiger charge is -2.05. The van der Waals surface area contributed by atoms with Gasteiger partial charge in [0.25, 0.3) is 0 Å². The van der Waals surface area contributed by atoms with Gasteiger partial charge in [-0.3, -0.25) is 0 Å². The molecule has 4 heteroatoms. The van der Waals surface area contributed by atoms with Crippen LogP contribution < -0.4 is 5.32 Å². The van der Waals surface area contributed by atoms with Crippen molar-refractivity contribution in [3.05, 3.63) is 41.5 Å². The Bertz CT molecular complexity index is 465. The van der Waals surface area contributed by atoms with Crippen LogP contribution in [-0.2, 0) is 13.0 Å². The lowest BCUT2D eigenvalue weighted by molar-refractivity contribution is 0.378. The van der Waals surface area contributed by atoms with Crippen LogP contribution in [0.5, 0.6) is 0 Å². The van der Waals surface area contributed by atoms with Gasteiger partial charge in [-0.05, 0) is 18.6 Å². The molecule has 4 nitrogen and oxygen atoms in total. The van der Waals surface area contributed by atoms with Crippen LogP contribution in [0.25, 0.3) is 0 Å². The molecule has 0 aliphatic rings. The maximum absolute atomic E-state index is 5.09. The molecule has 1 aromatic heterocycles. The van der Waals surface area contributed by atoms with E-state index in [1.807, 2.05) is 25.1 Å². The molecule has 0 atom stereocenters. The third kappa shape index (κ3) is 2.39. The van der Waals surface area contributed by atoms with Gasteiger partial charge in [-0.2, -0.15) is 4.98 Å². The van der Waals surface area contributed by atoms with Crippen molar-refractivity contribution in [3.63, 3.8) is 0 Å². The first-order valence-corrected chi connectivity index (χ1v) is 5.40. The Kier molecular flexibility index (Phi) is 3.19. The summed E-state index contributed by atoms with van der Waals surface area (Å²) in [4.78, 5) is 4.23. The average molecular weight is 217 g/mol. The Morgan fingerprint density at radius 3 is 2.81 bits per heavy atom. The summed E-state index contributed by atoms with van der Waals surface area (Å²) in [6.45, 7) is 4.63. The molecule has 0 bridgehead atoms. The predicted molar refractivity (Wildman–Crippen MR) is 62.2 cm³/mol. The Morgan fingerprint density at radius 2 is 2.12 bits per heavy atom. The fourth-order valence-electron chi connectivity index (χ4n) is 1.45. The van der Waals surface area contributed by atoms with E-state index in [2.05, 4.69) is 28.4 Å². The van der Waals surface area contributed by atoms with Gasteiger partial charge in [0, 0.05) is 12.1 Å². The summed E-state index contributed by atoms with van der Waals surface area (Å²) < 4.78 is 5.09. The SMILES string of the molecule is CCc1noc(CNc2ccccc2C)n1. The zero-order chi connectivity index (χ0) is 11.4. The lowest BCUT2D eigenvalue weighted by Crippen LogP contribution is -2.01. The van der Waals surface area contributed by atoms with E-state index in [0.29, 0.717) is 12.4 Å². The maximum atomic E-state index is 5.09. The van der Waals surface area contributed by atoms with Crippen molar-refractivity contribution in [2.75, 3.05) is 5.32 Å². The number of hydrogen-bond acceptors (Lipinski definition) is 4. The van der Waals surface area contributed by atoms with Gasteiger partial charge < -0.3 is 9.84 Å². The number of aryl methyl sites for hydroxylation is 2. The van der Waals surface area contributed by atoms with E-state index in [9.17, 15) is 0 Å². The van der Waals surface area contributed by atoms with Crippen molar-refractivity contribution in [2.24, 2.45) is 0 Å². The average Bonchev–Trinajstić information content (AvgIpc) is 2.76. The summed E-state index contributed by atoms with van der Waals surface area (Å²) in [5, 5.41) is 7.11. The lowest BCUT2D eigenvalue weighted by atomic mass is 10.2. The van der Waals surface area contributed by atoms with Gasteiger partial charge in [-0.25, -0.2) is 0 Å². The second-order valence-corrected chi connectivity index (χ2v) is 3.63. The maximum Gasteiger partial charge on any atom is 0.245 e. The third-order valence-electron chi connectivity index (χ3n) is 2.40. The van der Waals surface area contributed by atoms with Gasteiger partial charge in [0.15, 0.2) is 5.82 Å². The Labute approximate surface area is 94.7 Å². The van der Waals surface area contributed by atoms with Gasteiger partial charge >= 0.3 is 0 Å². The van der Waals surface area contributed by atoms with Crippen molar-refractivity contribution in [1.82, 2.24) is 10.1 Å². The van der Waals surface area contributed by atoms with Gasteiger partial charge in [0.2, 0.25) is 5.89 Å². The van der Waals surface area contributed by atoms with E-state index in [0.717, 1.165) is 17.9 Å². The number of nitrogens with zero attached hydrogens (tertiary/aromatic N) is 2. The normalized spacial score (nSPS) is 10.4. The summed E-state index contributed by atoms with van der Waals surface area (Å²) in [5.41, 5.74) is 2.30.